The van der Waals surface area contributed by atoms with Gasteiger partial charge in [0, 0.05) is 45.3 Å². The fourth-order valence-corrected chi connectivity index (χ4v) is 4.43. The van der Waals surface area contributed by atoms with Gasteiger partial charge in [0.2, 0.25) is 5.95 Å². The van der Waals surface area contributed by atoms with E-state index in [1.54, 1.807) is 6.07 Å². The van der Waals surface area contributed by atoms with Crippen molar-refractivity contribution < 1.29 is 19.4 Å². The second-order valence-corrected chi connectivity index (χ2v) is 9.03. The third-order valence-corrected chi connectivity index (χ3v) is 6.41. The molecule has 2 saturated heterocycles. The fraction of sp³-hybridized carbons (Fsp3) is 0.542. The molecule has 10 heteroatoms. The molecule has 5 rings (SSSR count). The van der Waals surface area contributed by atoms with Crippen LogP contribution in [0.1, 0.15) is 21.6 Å². The van der Waals surface area contributed by atoms with Crippen LogP contribution in [0.5, 0.6) is 0 Å². The Bertz CT molecular complexity index is 995. The van der Waals surface area contributed by atoms with Gasteiger partial charge in [0.25, 0.3) is 5.91 Å². The van der Waals surface area contributed by atoms with E-state index in [2.05, 4.69) is 43.7 Å². The summed E-state index contributed by atoms with van der Waals surface area (Å²) in [5.41, 5.74) is 2.95. The monoisotopic (exact) mass is 468 g/mol. The molecule has 3 aliphatic heterocycles. The summed E-state index contributed by atoms with van der Waals surface area (Å²) in [6.07, 6.45) is 0.307. The molecule has 2 aromatic rings. The lowest BCUT2D eigenvalue weighted by molar-refractivity contribution is 0.0209. The summed E-state index contributed by atoms with van der Waals surface area (Å²) >= 11 is 0. The zero-order chi connectivity index (χ0) is 23.3. The summed E-state index contributed by atoms with van der Waals surface area (Å²) in [5, 5.41) is 16.7. The van der Waals surface area contributed by atoms with Crippen LogP contribution in [0, 0.1) is 0 Å². The number of anilines is 2. The molecule has 0 aliphatic carbocycles. The van der Waals surface area contributed by atoms with E-state index in [0.717, 1.165) is 19.5 Å². The molecule has 2 fully saturated rings. The predicted molar refractivity (Wildman–Crippen MR) is 127 cm³/mol. The number of amides is 1. The van der Waals surface area contributed by atoms with Gasteiger partial charge in [-0.25, -0.2) is 4.98 Å². The topological polar surface area (TPSA) is 112 Å². The molecule has 0 spiro atoms. The Kier molecular flexibility index (Phi) is 7.19. The van der Waals surface area contributed by atoms with E-state index in [-0.39, 0.29) is 24.2 Å². The van der Waals surface area contributed by atoms with Gasteiger partial charge in [-0.2, -0.15) is 4.98 Å². The number of ether oxygens (including phenoxy) is 2. The molecular formula is C24H32N6O4. The summed E-state index contributed by atoms with van der Waals surface area (Å²) in [6, 6.07) is 10.3. The van der Waals surface area contributed by atoms with Gasteiger partial charge in [0.05, 0.1) is 38.6 Å². The Morgan fingerprint density at radius 3 is 2.68 bits per heavy atom. The number of nitrogens with zero attached hydrogens (tertiary/aromatic N) is 4. The van der Waals surface area contributed by atoms with Crippen molar-refractivity contribution in [2.45, 2.75) is 25.1 Å². The first-order valence-corrected chi connectivity index (χ1v) is 12.0. The van der Waals surface area contributed by atoms with Crippen LogP contribution in [-0.4, -0.2) is 97.2 Å². The van der Waals surface area contributed by atoms with Crippen LogP contribution in [0.15, 0.2) is 30.3 Å². The number of morpholine rings is 1. The van der Waals surface area contributed by atoms with Crippen LogP contribution in [-0.2, 0) is 22.4 Å². The van der Waals surface area contributed by atoms with Crippen LogP contribution in [0.4, 0.5) is 11.8 Å². The number of carbonyl (C=O) groups excluding carboxylic acids is 1. The standard InChI is InChI=1S/C24H32N6O4/c31-20(14-29-6-5-17-3-1-2-4-18(17)13-29)12-25-23(32)21-11-22(26-19-15-34-16-19)28-24(27-21)30-7-9-33-10-8-30/h1-4,11,19-20,31H,5-10,12-16H2,(H,25,32)(H,26,27,28). The van der Waals surface area contributed by atoms with Crippen LogP contribution < -0.4 is 15.5 Å². The van der Waals surface area contributed by atoms with Gasteiger partial charge in [0.15, 0.2) is 0 Å². The molecule has 1 unspecified atom stereocenters. The first-order chi connectivity index (χ1) is 16.6. The van der Waals surface area contributed by atoms with E-state index in [9.17, 15) is 9.90 Å². The van der Waals surface area contributed by atoms with E-state index in [4.69, 9.17) is 9.47 Å². The summed E-state index contributed by atoms with van der Waals surface area (Å²) in [4.78, 5) is 26.3. The minimum atomic E-state index is -0.667. The molecular weight excluding hydrogens is 436 g/mol. The van der Waals surface area contributed by atoms with Crippen molar-refractivity contribution in [1.82, 2.24) is 20.2 Å². The maximum Gasteiger partial charge on any atom is 0.270 e. The number of hydrogen-bond donors (Lipinski definition) is 3. The Morgan fingerprint density at radius 1 is 1.12 bits per heavy atom. The van der Waals surface area contributed by atoms with E-state index >= 15 is 0 Å². The van der Waals surface area contributed by atoms with Crippen molar-refractivity contribution in [3.05, 3.63) is 47.2 Å². The summed E-state index contributed by atoms with van der Waals surface area (Å²) < 4.78 is 10.7. The highest BCUT2D eigenvalue weighted by Crippen LogP contribution is 2.19. The predicted octanol–water partition coefficient (Wildman–Crippen LogP) is 0.273. The average Bonchev–Trinajstić information content (AvgIpc) is 2.85. The van der Waals surface area contributed by atoms with Crippen molar-refractivity contribution in [3.63, 3.8) is 0 Å². The molecule has 1 aromatic carbocycles. The van der Waals surface area contributed by atoms with Gasteiger partial charge in [-0.3, -0.25) is 9.69 Å². The van der Waals surface area contributed by atoms with Crippen molar-refractivity contribution >= 4 is 17.7 Å². The van der Waals surface area contributed by atoms with E-state index in [1.165, 1.54) is 11.1 Å². The maximum atomic E-state index is 12.9. The molecule has 182 valence electrons. The minimum absolute atomic E-state index is 0.160. The number of benzene rings is 1. The van der Waals surface area contributed by atoms with Crippen molar-refractivity contribution in [2.75, 3.05) is 69.4 Å². The van der Waals surface area contributed by atoms with Gasteiger partial charge < -0.3 is 30.1 Å². The number of rotatable bonds is 8. The molecule has 1 aromatic heterocycles. The Hall–Kier alpha value is -2.79. The number of fused-ring (bicyclic) bond motifs is 1. The fourth-order valence-electron chi connectivity index (χ4n) is 4.43. The van der Waals surface area contributed by atoms with Gasteiger partial charge in [-0.15, -0.1) is 0 Å². The lowest BCUT2D eigenvalue weighted by Gasteiger charge is -2.30. The van der Waals surface area contributed by atoms with E-state index in [1.807, 2.05) is 11.0 Å². The number of aromatic nitrogens is 2. The third-order valence-electron chi connectivity index (χ3n) is 6.41. The maximum absolute atomic E-state index is 12.9. The number of hydrogen-bond acceptors (Lipinski definition) is 9. The van der Waals surface area contributed by atoms with Crippen LogP contribution >= 0.6 is 0 Å². The first kappa shape index (κ1) is 23.0. The largest absolute Gasteiger partial charge is 0.390 e. The summed E-state index contributed by atoms with van der Waals surface area (Å²) in [7, 11) is 0. The molecule has 34 heavy (non-hydrogen) atoms. The molecule has 0 bridgehead atoms. The zero-order valence-electron chi connectivity index (χ0n) is 19.3. The highest BCUT2D eigenvalue weighted by atomic mass is 16.5. The molecule has 1 atom stereocenters. The summed E-state index contributed by atoms with van der Waals surface area (Å²) in [5.74, 6) is 0.779. The Morgan fingerprint density at radius 2 is 1.91 bits per heavy atom. The third kappa shape index (κ3) is 5.64. The van der Waals surface area contributed by atoms with Crippen molar-refractivity contribution in [2.24, 2.45) is 0 Å². The van der Waals surface area contributed by atoms with Crippen LogP contribution in [0.3, 0.4) is 0 Å². The molecule has 1 amide bonds. The lowest BCUT2D eigenvalue weighted by Crippen LogP contribution is -2.42. The van der Waals surface area contributed by atoms with Crippen molar-refractivity contribution in [3.8, 4) is 0 Å². The second kappa shape index (κ2) is 10.6. The number of nitrogens with one attached hydrogen (secondary N) is 2. The first-order valence-electron chi connectivity index (χ1n) is 12.0. The van der Waals surface area contributed by atoms with Crippen LogP contribution in [0.2, 0.25) is 0 Å². The Labute approximate surface area is 199 Å². The molecule has 3 aliphatic rings. The number of aliphatic hydroxyl groups excluding tert-OH is 1. The number of β-amino-alcohol motifs (C(OH)–C–C–N with tert-alkyl or cyclic N) is 1. The van der Waals surface area contributed by atoms with Gasteiger partial charge >= 0.3 is 0 Å². The smallest absolute Gasteiger partial charge is 0.270 e. The van der Waals surface area contributed by atoms with Gasteiger partial charge in [-0.1, -0.05) is 24.3 Å². The quantitative estimate of drug-likeness (QED) is 0.503. The average molecular weight is 469 g/mol. The Balaban J connectivity index is 1.19. The highest BCUT2D eigenvalue weighted by molar-refractivity contribution is 5.93. The SMILES string of the molecule is O=C(NCC(O)CN1CCc2ccccc2C1)c1cc(NC2COC2)nc(N2CCOCC2)n1. The van der Waals surface area contributed by atoms with Gasteiger partial charge in [-0.05, 0) is 17.5 Å². The lowest BCUT2D eigenvalue weighted by atomic mass is 10.00. The highest BCUT2D eigenvalue weighted by Gasteiger charge is 2.23. The zero-order valence-corrected chi connectivity index (χ0v) is 19.3. The minimum Gasteiger partial charge on any atom is -0.390 e. The summed E-state index contributed by atoms with van der Waals surface area (Å²) in [6.45, 7) is 6.17. The molecule has 0 saturated carbocycles. The molecule has 10 nitrogen and oxygen atoms in total. The number of carbonyl (C=O) groups is 1. The van der Waals surface area contributed by atoms with E-state index < -0.39 is 6.10 Å². The number of aliphatic hydroxyl groups is 1. The molecule has 4 heterocycles. The van der Waals surface area contributed by atoms with Crippen molar-refractivity contribution in [1.29, 1.82) is 0 Å². The van der Waals surface area contributed by atoms with E-state index in [0.29, 0.717) is 57.8 Å². The molecule has 0 radical (unpaired) electrons. The van der Waals surface area contributed by atoms with Crippen LogP contribution in [0.25, 0.3) is 0 Å². The van der Waals surface area contributed by atoms with Gasteiger partial charge in [0.1, 0.15) is 11.5 Å². The second-order valence-electron chi connectivity index (χ2n) is 9.03. The molecule has 3 N–H and O–H groups in total. The normalized spacial score (nSPS) is 19.7.